The lowest BCUT2D eigenvalue weighted by molar-refractivity contribution is -0.0550. The van der Waals surface area contributed by atoms with Crippen LogP contribution < -0.4 is 10.1 Å². The highest BCUT2D eigenvalue weighted by Gasteiger charge is 2.29. The predicted molar refractivity (Wildman–Crippen MR) is 85.9 cm³/mol. The summed E-state index contributed by atoms with van der Waals surface area (Å²) in [6, 6.07) is 9.10. The molecule has 1 heterocycles. The molecule has 1 aliphatic rings. The number of ether oxygens (including phenoxy) is 2. The lowest BCUT2D eigenvalue weighted by Gasteiger charge is -2.39. The van der Waals surface area contributed by atoms with Gasteiger partial charge in [-0.15, -0.1) is 0 Å². The zero-order valence-corrected chi connectivity index (χ0v) is 13.6. The molecule has 1 N–H and O–H groups in total. The van der Waals surface area contributed by atoms with E-state index in [0.717, 1.165) is 25.4 Å². The Balaban J connectivity index is 2.07. The number of rotatable bonds is 6. The maximum absolute atomic E-state index is 6.01. The standard InChI is InChI=1S/C17H28N2O2/c1-5-20-15-8-6-14(7-9-15)17(18-4)16-12-19(13(2)3)10-11-21-16/h6-9,13,16-18H,5,10-12H2,1-4H3. The van der Waals surface area contributed by atoms with Crippen LogP contribution in [0.2, 0.25) is 0 Å². The summed E-state index contributed by atoms with van der Waals surface area (Å²) in [6.45, 7) is 9.98. The Morgan fingerprint density at radius 1 is 1.33 bits per heavy atom. The number of morpholine rings is 1. The molecule has 1 fully saturated rings. The summed E-state index contributed by atoms with van der Waals surface area (Å²) in [5.74, 6) is 0.921. The van der Waals surface area contributed by atoms with Gasteiger partial charge in [-0.2, -0.15) is 0 Å². The highest BCUT2D eigenvalue weighted by Crippen LogP contribution is 2.25. The summed E-state index contributed by atoms with van der Waals surface area (Å²) in [6.07, 6.45) is 0.184. The fourth-order valence-corrected chi connectivity index (χ4v) is 2.87. The van der Waals surface area contributed by atoms with Gasteiger partial charge in [0.2, 0.25) is 0 Å². The number of nitrogens with one attached hydrogen (secondary N) is 1. The topological polar surface area (TPSA) is 33.7 Å². The van der Waals surface area contributed by atoms with E-state index in [1.54, 1.807) is 0 Å². The number of hydrogen-bond donors (Lipinski definition) is 1. The lowest BCUT2D eigenvalue weighted by atomic mass is 9.99. The van der Waals surface area contributed by atoms with Crippen molar-refractivity contribution in [1.29, 1.82) is 0 Å². The third-order valence-electron chi connectivity index (χ3n) is 4.09. The van der Waals surface area contributed by atoms with E-state index in [0.29, 0.717) is 12.6 Å². The van der Waals surface area contributed by atoms with Crippen LogP contribution in [-0.4, -0.2) is 50.4 Å². The molecule has 1 saturated heterocycles. The molecular weight excluding hydrogens is 264 g/mol. The van der Waals surface area contributed by atoms with Gasteiger partial charge in [-0.1, -0.05) is 12.1 Å². The van der Waals surface area contributed by atoms with Gasteiger partial charge in [0.1, 0.15) is 5.75 Å². The van der Waals surface area contributed by atoms with Crippen LogP contribution in [0, 0.1) is 0 Å². The lowest BCUT2D eigenvalue weighted by Crippen LogP contribution is -2.49. The average Bonchev–Trinajstić information content (AvgIpc) is 2.50. The molecule has 2 atom stereocenters. The van der Waals surface area contributed by atoms with Crippen LogP contribution >= 0.6 is 0 Å². The van der Waals surface area contributed by atoms with Gasteiger partial charge in [-0.05, 0) is 45.5 Å². The first-order valence-corrected chi connectivity index (χ1v) is 7.91. The van der Waals surface area contributed by atoms with Crippen molar-refractivity contribution in [3.63, 3.8) is 0 Å². The van der Waals surface area contributed by atoms with E-state index in [1.165, 1.54) is 5.56 Å². The number of hydrogen-bond acceptors (Lipinski definition) is 4. The van der Waals surface area contributed by atoms with Gasteiger partial charge >= 0.3 is 0 Å². The SMILES string of the molecule is CCOc1ccc(C(NC)C2CN(C(C)C)CCO2)cc1. The van der Waals surface area contributed by atoms with Gasteiger partial charge in [0.05, 0.1) is 25.4 Å². The zero-order chi connectivity index (χ0) is 15.2. The molecule has 2 rings (SSSR count). The van der Waals surface area contributed by atoms with Crippen molar-refractivity contribution in [2.24, 2.45) is 0 Å². The summed E-state index contributed by atoms with van der Waals surface area (Å²) in [5, 5.41) is 3.41. The molecule has 0 spiro atoms. The fourth-order valence-electron chi connectivity index (χ4n) is 2.87. The maximum Gasteiger partial charge on any atom is 0.119 e. The summed E-state index contributed by atoms with van der Waals surface area (Å²) in [7, 11) is 2.00. The summed E-state index contributed by atoms with van der Waals surface area (Å²) in [5.41, 5.74) is 1.25. The quantitative estimate of drug-likeness (QED) is 0.873. The van der Waals surface area contributed by atoms with E-state index in [4.69, 9.17) is 9.47 Å². The molecule has 118 valence electrons. The van der Waals surface area contributed by atoms with Crippen LogP contribution in [-0.2, 0) is 4.74 Å². The monoisotopic (exact) mass is 292 g/mol. The number of likely N-dealkylation sites (N-methyl/N-ethyl adjacent to an activating group) is 1. The first kappa shape index (κ1) is 16.3. The molecular formula is C17H28N2O2. The Morgan fingerprint density at radius 3 is 2.62 bits per heavy atom. The Bertz CT molecular complexity index is 419. The first-order valence-electron chi connectivity index (χ1n) is 7.91. The predicted octanol–water partition coefficient (Wildman–Crippen LogP) is 2.46. The van der Waals surface area contributed by atoms with E-state index in [2.05, 4.69) is 36.2 Å². The van der Waals surface area contributed by atoms with Crippen molar-refractivity contribution in [3.8, 4) is 5.75 Å². The smallest absolute Gasteiger partial charge is 0.119 e. The summed E-state index contributed by atoms with van der Waals surface area (Å²) < 4.78 is 11.5. The minimum Gasteiger partial charge on any atom is -0.494 e. The van der Waals surface area contributed by atoms with Crippen molar-refractivity contribution >= 4 is 0 Å². The third kappa shape index (κ3) is 4.19. The average molecular weight is 292 g/mol. The van der Waals surface area contributed by atoms with Gasteiger partial charge < -0.3 is 14.8 Å². The normalized spacial score (nSPS) is 21.5. The van der Waals surface area contributed by atoms with E-state index in [1.807, 2.05) is 26.1 Å². The van der Waals surface area contributed by atoms with Crippen LogP contribution in [0.25, 0.3) is 0 Å². The van der Waals surface area contributed by atoms with Gasteiger partial charge in [0.25, 0.3) is 0 Å². The molecule has 0 bridgehead atoms. The molecule has 1 aliphatic heterocycles. The van der Waals surface area contributed by atoms with Gasteiger partial charge in [-0.3, -0.25) is 4.90 Å². The minimum atomic E-state index is 0.184. The molecule has 1 aromatic carbocycles. The van der Waals surface area contributed by atoms with Gasteiger partial charge in [0.15, 0.2) is 0 Å². The Morgan fingerprint density at radius 2 is 2.05 bits per heavy atom. The van der Waals surface area contributed by atoms with Gasteiger partial charge in [0, 0.05) is 19.1 Å². The van der Waals surface area contributed by atoms with Crippen LogP contribution in [0.5, 0.6) is 5.75 Å². The third-order valence-corrected chi connectivity index (χ3v) is 4.09. The van der Waals surface area contributed by atoms with Crippen LogP contribution in [0.3, 0.4) is 0 Å². The largest absolute Gasteiger partial charge is 0.494 e. The molecule has 0 aromatic heterocycles. The molecule has 0 saturated carbocycles. The highest BCUT2D eigenvalue weighted by atomic mass is 16.5. The van der Waals surface area contributed by atoms with Crippen LogP contribution in [0.1, 0.15) is 32.4 Å². The molecule has 1 aromatic rings. The van der Waals surface area contributed by atoms with Crippen molar-refractivity contribution in [2.45, 2.75) is 39.0 Å². The van der Waals surface area contributed by atoms with Gasteiger partial charge in [-0.25, -0.2) is 0 Å². The minimum absolute atomic E-state index is 0.184. The second kappa shape index (κ2) is 7.78. The fraction of sp³-hybridized carbons (Fsp3) is 0.647. The molecule has 4 heteroatoms. The molecule has 0 amide bonds. The Labute approximate surface area is 128 Å². The van der Waals surface area contributed by atoms with Crippen molar-refractivity contribution in [2.75, 3.05) is 33.4 Å². The number of benzene rings is 1. The molecule has 21 heavy (non-hydrogen) atoms. The van der Waals surface area contributed by atoms with E-state index >= 15 is 0 Å². The molecule has 0 aliphatic carbocycles. The second-order valence-electron chi connectivity index (χ2n) is 5.77. The Hall–Kier alpha value is -1.10. The van der Waals surface area contributed by atoms with E-state index in [9.17, 15) is 0 Å². The van der Waals surface area contributed by atoms with E-state index in [-0.39, 0.29) is 12.1 Å². The molecule has 2 unspecified atom stereocenters. The van der Waals surface area contributed by atoms with Crippen LogP contribution in [0.4, 0.5) is 0 Å². The van der Waals surface area contributed by atoms with Crippen LogP contribution in [0.15, 0.2) is 24.3 Å². The van der Waals surface area contributed by atoms with E-state index < -0.39 is 0 Å². The maximum atomic E-state index is 6.01. The Kier molecular flexibility index (Phi) is 6.03. The summed E-state index contributed by atoms with van der Waals surface area (Å²) in [4.78, 5) is 2.48. The zero-order valence-electron chi connectivity index (χ0n) is 13.6. The molecule has 0 radical (unpaired) electrons. The first-order chi connectivity index (χ1) is 10.2. The molecule has 4 nitrogen and oxygen atoms in total. The summed E-state index contributed by atoms with van der Waals surface area (Å²) >= 11 is 0. The second-order valence-corrected chi connectivity index (χ2v) is 5.77. The van der Waals surface area contributed by atoms with Crippen molar-refractivity contribution in [1.82, 2.24) is 10.2 Å². The highest BCUT2D eigenvalue weighted by molar-refractivity contribution is 5.30. The van der Waals surface area contributed by atoms with Crippen molar-refractivity contribution in [3.05, 3.63) is 29.8 Å². The number of nitrogens with zero attached hydrogens (tertiary/aromatic N) is 1. The van der Waals surface area contributed by atoms with Crippen molar-refractivity contribution < 1.29 is 9.47 Å².